The lowest BCUT2D eigenvalue weighted by Gasteiger charge is -2.30. The van der Waals surface area contributed by atoms with Crippen molar-refractivity contribution in [2.45, 2.75) is 26.3 Å². The Morgan fingerprint density at radius 1 is 1.23 bits per heavy atom. The predicted molar refractivity (Wildman–Crippen MR) is 114 cm³/mol. The monoisotopic (exact) mass is 404 g/mol. The Morgan fingerprint density at radius 3 is 2.77 bits per heavy atom. The van der Waals surface area contributed by atoms with Crippen molar-refractivity contribution in [1.82, 2.24) is 9.55 Å². The van der Waals surface area contributed by atoms with Gasteiger partial charge in [-0.15, -0.1) is 0 Å². The van der Waals surface area contributed by atoms with Crippen LogP contribution in [-0.4, -0.2) is 29.2 Å². The van der Waals surface area contributed by atoms with Crippen LogP contribution in [0.3, 0.4) is 0 Å². The Kier molecular flexibility index (Phi) is 5.32. The van der Waals surface area contributed by atoms with Gasteiger partial charge in [0.25, 0.3) is 0 Å². The number of nitrogens with zero attached hydrogens (tertiary/aromatic N) is 3. The van der Waals surface area contributed by atoms with Gasteiger partial charge in [0.05, 0.1) is 36.9 Å². The third-order valence-electron chi connectivity index (χ3n) is 5.33. The topological polar surface area (TPSA) is 89.2 Å². The van der Waals surface area contributed by atoms with Crippen LogP contribution in [0, 0.1) is 23.2 Å². The van der Waals surface area contributed by atoms with Crippen molar-refractivity contribution in [3.8, 4) is 17.6 Å². The highest BCUT2D eigenvalue weighted by Gasteiger charge is 2.39. The minimum absolute atomic E-state index is 0.360. The van der Waals surface area contributed by atoms with Gasteiger partial charge in [-0.25, -0.2) is 4.98 Å². The Balaban J connectivity index is 1.79. The van der Waals surface area contributed by atoms with Crippen LogP contribution in [0.25, 0.3) is 11.0 Å². The number of amides is 1. The van der Waals surface area contributed by atoms with Crippen LogP contribution in [0.2, 0.25) is 0 Å². The molecule has 0 radical (unpaired) electrons. The van der Waals surface area contributed by atoms with Crippen LogP contribution in [0.5, 0.6) is 11.5 Å². The number of carbonyl (C=O) groups is 1. The highest BCUT2D eigenvalue weighted by Crippen LogP contribution is 2.40. The third-order valence-corrected chi connectivity index (χ3v) is 5.33. The lowest BCUT2D eigenvalue weighted by atomic mass is 9.91. The van der Waals surface area contributed by atoms with E-state index in [9.17, 15) is 10.1 Å². The molecule has 1 N–H and O–H groups in total. The van der Waals surface area contributed by atoms with Crippen molar-refractivity contribution >= 4 is 22.9 Å². The van der Waals surface area contributed by atoms with Crippen molar-refractivity contribution in [1.29, 1.82) is 5.26 Å². The second-order valence-electron chi connectivity index (χ2n) is 7.78. The molecule has 7 nitrogen and oxygen atoms in total. The van der Waals surface area contributed by atoms with Crippen LogP contribution in [0.4, 0.5) is 5.95 Å². The molecule has 0 bridgehead atoms. The average molecular weight is 404 g/mol. The smallest absolute Gasteiger partial charge is 0.246 e. The maximum atomic E-state index is 12.6. The molecule has 0 saturated carbocycles. The van der Waals surface area contributed by atoms with Crippen molar-refractivity contribution < 1.29 is 14.3 Å². The second-order valence-corrected chi connectivity index (χ2v) is 7.78. The van der Waals surface area contributed by atoms with E-state index in [1.165, 1.54) is 0 Å². The SMILES string of the molecule is COc1cc([C@H]2[C@H](C#N)C(=O)Nc3nc4ccccc4n32)ccc1OCCC(C)C. The Hall–Kier alpha value is -3.53. The molecule has 2 heterocycles. The fraction of sp³-hybridized carbons (Fsp3) is 0.348. The molecule has 1 aromatic heterocycles. The zero-order chi connectivity index (χ0) is 21.3. The second kappa shape index (κ2) is 8.07. The van der Waals surface area contributed by atoms with Crippen molar-refractivity contribution in [2.24, 2.45) is 11.8 Å². The van der Waals surface area contributed by atoms with Crippen LogP contribution >= 0.6 is 0 Å². The van der Waals surface area contributed by atoms with Gasteiger partial charge >= 0.3 is 0 Å². The highest BCUT2D eigenvalue weighted by molar-refractivity contribution is 5.97. The summed E-state index contributed by atoms with van der Waals surface area (Å²) in [5.41, 5.74) is 2.40. The van der Waals surface area contributed by atoms with Gasteiger partial charge in [-0.05, 0) is 42.2 Å². The number of para-hydroxylation sites is 2. The summed E-state index contributed by atoms with van der Waals surface area (Å²) in [6.45, 7) is 4.88. The molecular weight excluding hydrogens is 380 g/mol. The summed E-state index contributed by atoms with van der Waals surface area (Å²) in [6, 6.07) is 14.8. The molecule has 7 heteroatoms. The number of aromatic nitrogens is 2. The van der Waals surface area contributed by atoms with Crippen LogP contribution in [0.15, 0.2) is 42.5 Å². The molecular formula is C23H24N4O3. The summed E-state index contributed by atoms with van der Waals surface area (Å²) in [5, 5.41) is 12.5. The van der Waals surface area contributed by atoms with Gasteiger partial charge in [-0.2, -0.15) is 5.26 Å². The molecule has 2 aromatic carbocycles. The van der Waals surface area contributed by atoms with Crippen LogP contribution in [-0.2, 0) is 4.79 Å². The summed E-state index contributed by atoms with van der Waals surface area (Å²) >= 11 is 0. The molecule has 30 heavy (non-hydrogen) atoms. The molecule has 4 rings (SSSR count). The van der Waals surface area contributed by atoms with E-state index in [1.807, 2.05) is 47.0 Å². The molecule has 0 spiro atoms. The first-order chi connectivity index (χ1) is 14.5. The molecule has 1 aliphatic rings. The largest absolute Gasteiger partial charge is 0.493 e. The zero-order valence-electron chi connectivity index (χ0n) is 17.3. The lowest BCUT2D eigenvalue weighted by molar-refractivity contribution is -0.119. The zero-order valence-corrected chi connectivity index (χ0v) is 17.3. The van der Waals surface area contributed by atoms with Gasteiger partial charge < -0.3 is 14.0 Å². The molecule has 0 aliphatic carbocycles. The van der Waals surface area contributed by atoms with Crippen LogP contribution in [0.1, 0.15) is 31.9 Å². The number of methoxy groups -OCH3 is 1. The number of benzene rings is 2. The Morgan fingerprint density at radius 2 is 2.03 bits per heavy atom. The third kappa shape index (κ3) is 3.45. The molecule has 0 saturated heterocycles. The van der Waals surface area contributed by atoms with E-state index >= 15 is 0 Å². The Labute approximate surface area is 175 Å². The number of anilines is 1. The number of hydrogen-bond donors (Lipinski definition) is 1. The first-order valence-corrected chi connectivity index (χ1v) is 10.0. The molecule has 1 amide bonds. The molecule has 154 valence electrons. The number of nitrogens with one attached hydrogen (secondary N) is 1. The minimum Gasteiger partial charge on any atom is -0.493 e. The summed E-state index contributed by atoms with van der Waals surface area (Å²) in [6.07, 6.45) is 0.939. The number of ether oxygens (including phenoxy) is 2. The van der Waals surface area contributed by atoms with E-state index in [0.717, 1.165) is 23.0 Å². The van der Waals surface area contributed by atoms with Gasteiger partial charge in [-0.1, -0.05) is 32.0 Å². The van der Waals surface area contributed by atoms with Gasteiger partial charge in [-0.3, -0.25) is 10.1 Å². The fourth-order valence-corrected chi connectivity index (χ4v) is 3.76. The van der Waals surface area contributed by atoms with Gasteiger partial charge in [0.1, 0.15) is 0 Å². The summed E-state index contributed by atoms with van der Waals surface area (Å²) in [7, 11) is 1.59. The molecule has 2 atom stereocenters. The van der Waals surface area contributed by atoms with Crippen LogP contribution < -0.4 is 14.8 Å². The predicted octanol–water partition coefficient (Wildman–Crippen LogP) is 4.15. The Bertz CT molecular complexity index is 1130. The first kappa shape index (κ1) is 19.8. The molecule has 0 fully saturated rings. The van der Waals surface area contributed by atoms with Gasteiger partial charge in [0.15, 0.2) is 17.4 Å². The van der Waals surface area contributed by atoms with Crippen molar-refractivity contribution in [2.75, 3.05) is 19.0 Å². The van der Waals surface area contributed by atoms with E-state index in [0.29, 0.717) is 30.0 Å². The number of carbonyl (C=O) groups excluding carboxylic acids is 1. The van der Waals surface area contributed by atoms with Crippen molar-refractivity contribution in [3.05, 3.63) is 48.0 Å². The molecule has 1 aliphatic heterocycles. The summed E-state index contributed by atoms with van der Waals surface area (Å²) in [4.78, 5) is 17.2. The molecule has 3 aromatic rings. The van der Waals surface area contributed by atoms with E-state index in [2.05, 4.69) is 30.2 Å². The first-order valence-electron chi connectivity index (χ1n) is 10.0. The number of rotatable bonds is 6. The van der Waals surface area contributed by atoms with Gasteiger partial charge in [0.2, 0.25) is 11.9 Å². The van der Waals surface area contributed by atoms with E-state index in [4.69, 9.17) is 9.47 Å². The molecule has 0 unspecified atom stereocenters. The number of fused-ring (bicyclic) bond motifs is 3. The lowest BCUT2D eigenvalue weighted by Crippen LogP contribution is -2.37. The summed E-state index contributed by atoms with van der Waals surface area (Å²) < 4.78 is 13.4. The normalized spacial score (nSPS) is 18.0. The number of nitriles is 1. The quantitative estimate of drug-likeness (QED) is 0.667. The van der Waals surface area contributed by atoms with E-state index in [-0.39, 0.29) is 5.91 Å². The maximum Gasteiger partial charge on any atom is 0.246 e. The fourth-order valence-electron chi connectivity index (χ4n) is 3.76. The van der Waals surface area contributed by atoms with Crippen molar-refractivity contribution in [3.63, 3.8) is 0 Å². The standard InChI is InChI=1S/C23H24N4O3/c1-14(2)10-11-30-19-9-8-15(12-20(19)29-3)21-16(13-24)22(28)26-23-25-17-6-4-5-7-18(17)27(21)23/h4-9,12,14,16,21H,10-11H2,1-3H3,(H,25,26,28)/t16-,21-/m0/s1. The maximum absolute atomic E-state index is 12.6. The summed E-state index contributed by atoms with van der Waals surface area (Å²) in [5.74, 6) is 0.944. The minimum atomic E-state index is -0.896. The van der Waals surface area contributed by atoms with E-state index in [1.54, 1.807) is 7.11 Å². The highest BCUT2D eigenvalue weighted by atomic mass is 16.5. The van der Waals surface area contributed by atoms with E-state index < -0.39 is 12.0 Å². The number of imidazole rings is 1. The van der Waals surface area contributed by atoms with Gasteiger partial charge in [0, 0.05) is 0 Å². The average Bonchev–Trinajstić information content (AvgIpc) is 3.10. The number of hydrogen-bond acceptors (Lipinski definition) is 5.